The molecule has 1 aromatic carbocycles. The molecule has 434 valence electrons. The number of hydrogen-bond donors (Lipinski definition) is 3. The minimum Gasteiger partial charge on any atom is -0.444 e. The van der Waals surface area contributed by atoms with Gasteiger partial charge in [-0.05, 0) is 80.4 Å². The Kier molecular flexibility index (Phi) is 42.1. The molecule has 0 aromatic heterocycles. The molecule has 2 atom stereocenters. The number of rotatable bonds is 37. The van der Waals surface area contributed by atoms with E-state index in [1.807, 2.05) is 51.1 Å². The molecule has 0 bridgehead atoms. The Hall–Kier alpha value is -2.21. The van der Waals surface area contributed by atoms with Crippen LogP contribution in [0.4, 0.5) is 9.59 Å². The second-order valence-electron chi connectivity index (χ2n) is 21.7. The third kappa shape index (κ3) is 33.5. The number of aliphatic hydroxyl groups excluding tert-OH is 1. The smallest absolute Gasteiger partial charge is 0.407 e. The normalized spacial score (nSPS) is 13.2. The van der Waals surface area contributed by atoms with Crippen LogP contribution < -0.4 is 10.6 Å². The third-order valence-corrected chi connectivity index (χ3v) is 24.0. The predicted octanol–water partition coefficient (Wildman–Crippen LogP) is 11.7. The Balaban J connectivity index is -0.00000133. The Labute approximate surface area is 448 Å². The van der Waals surface area contributed by atoms with Gasteiger partial charge in [-0.3, -0.25) is 0 Å². The van der Waals surface area contributed by atoms with Crippen molar-refractivity contribution >= 4 is 28.8 Å². The van der Waals surface area contributed by atoms with Gasteiger partial charge in [0, 0.05) is 13.1 Å². The van der Waals surface area contributed by atoms with Gasteiger partial charge in [0.2, 0.25) is 0 Å². The van der Waals surface area contributed by atoms with Gasteiger partial charge in [0.1, 0.15) is 23.4 Å². The lowest BCUT2D eigenvalue weighted by molar-refractivity contribution is -0.0765. The Morgan fingerprint density at radius 1 is 0.479 bits per heavy atom. The van der Waals surface area contributed by atoms with Crippen LogP contribution in [0.5, 0.6) is 0 Å². The number of alkyl carbamates (subject to hydrolysis) is 2. The number of nitrogens with one attached hydrogen (secondary N) is 2. The van der Waals surface area contributed by atoms with Crippen molar-refractivity contribution in [3.63, 3.8) is 0 Å². The number of ether oxygens (including phenoxy) is 9. The highest BCUT2D eigenvalue weighted by Crippen LogP contribution is 2.43. The van der Waals surface area contributed by atoms with Crippen LogP contribution in [-0.2, 0) is 58.1 Å². The van der Waals surface area contributed by atoms with E-state index in [0.717, 1.165) is 5.56 Å². The summed E-state index contributed by atoms with van der Waals surface area (Å²) in [5.74, 6) is 0. The average molecular weight is 1080 g/mol. The molecule has 0 heterocycles. The van der Waals surface area contributed by atoms with Crippen molar-refractivity contribution < 1.29 is 66.2 Å². The van der Waals surface area contributed by atoms with Gasteiger partial charge >= 0.3 is 12.2 Å². The summed E-state index contributed by atoms with van der Waals surface area (Å²) in [5.41, 5.74) is 3.35. The van der Waals surface area contributed by atoms with E-state index >= 15 is 0 Å². The monoisotopic (exact) mass is 1080 g/mol. The lowest BCUT2D eigenvalue weighted by atomic mass is 10.2. The van der Waals surface area contributed by atoms with E-state index < -0.39 is 46.1 Å². The van der Waals surface area contributed by atoms with Gasteiger partial charge in [0.05, 0.1) is 99.1 Å². The van der Waals surface area contributed by atoms with E-state index in [2.05, 4.69) is 93.7 Å². The molecule has 0 saturated heterocycles. The maximum absolute atomic E-state index is 11.8. The molecule has 0 unspecified atom stereocenters. The zero-order chi connectivity index (χ0) is 54.1. The van der Waals surface area contributed by atoms with E-state index in [0.29, 0.717) is 132 Å². The first-order chi connectivity index (χ1) is 33.2. The lowest BCUT2D eigenvalue weighted by Crippen LogP contribution is -2.48. The minimum atomic E-state index is -1.88. The Morgan fingerprint density at radius 3 is 1.18 bits per heavy atom. The van der Waals surface area contributed by atoms with Gasteiger partial charge in [-0.2, -0.15) is 0 Å². The van der Waals surface area contributed by atoms with Crippen LogP contribution in [0.1, 0.15) is 145 Å². The molecular weight excluding hydrogens is 969 g/mol. The molecule has 0 spiro atoms. The first-order valence-electron chi connectivity index (χ1n) is 26.2. The predicted molar refractivity (Wildman–Crippen MR) is 302 cm³/mol. The largest absolute Gasteiger partial charge is 0.444 e. The number of aliphatic hydroxyl groups is 1. The summed E-state index contributed by atoms with van der Waals surface area (Å²) >= 11 is 0. The zero-order valence-corrected chi connectivity index (χ0v) is 49.8. The maximum Gasteiger partial charge on any atom is 0.407 e. The van der Waals surface area contributed by atoms with Gasteiger partial charge < -0.3 is 67.2 Å². The van der Waals surface area contributed by atoms with Crippen molar-refractivity contribution in [2.75, 3.05) is 106 Å². The molecule has 73 heavy (non-hydrogen) atoms. The highest BCUT2D eigenvalue weighted by molar-refractivity contribution is 6.78. The second kappa shape index (κ2) is 41.0. The summed E-state index contributed by atoms with van der Waals surface area (Å²) in [4.78, 5) is 23.3. The van der Waals surface area contributed by atoms with Crippen molar-refractivity contribution in [3.8, 4) is 0 Å². The number of hydrogen-bond acceptors (Lipinski definition) is 14. The molecular formula is C55H112N2O14Si2. The van der Waals surface area contributed by atoms with Crippen molar-refractivity contribution in [3.05, 3.63) is 35.9 Å². The fourth-order valence-corrected chi connectivity index (χ4v) is 19.9. The standard InChI is InChI=1S/C30H55NO7Si.C23H49NO7Si.2CH4/c1-24(2)39(25(3)4,26(5)6)37-20-18-33-17-19-36-28(23-35-21-27-13-11-10-12-14-27)22-34-16-15-31-29(32)38-30(7,8)9;1-18(2)32(19(3)4,20(5)6)30-15-13-27-12-14-29-21(16-25)17-28-11-10-24-22(26)31-23(7,8)9;;/h10-14,24-26,28H,15-23H2,1-9H3,(H,31,32);18-21,25H,10-17H2,1-9H3,(H,24,26);2*1H4/t28-;21-;;/m10../s1. The fraction of sp³-hybridized carbons (Fsp3) is 0.855. The van der Waals surface area contributed by atoms with Crippen LogP contribution in [0.25, 0.3) is 0 Å². The number of benzene rings is 1. The minimum absolute atomic E-state index is 0. The van der Waals surface area contributed by atoms with Crippen LogP contribution in [-0.4, -0.2) is 163 Å². The molecule has 2 amide bonds. The molecule has 0 radical (unpaired) electrons. The molecule has 3 N–H and O–H groups in total. The fourth-order valence-electron chi connectivity index (χ4n) is 9.00. The van der Waals surface area contributed by atoms with Gasteiger partial charge in [-0.1, -0.05) is 128 Å². The summed E-state index contributed by atoms with van der Waals surface area (Å²) in [6.07, 6.45) is -1.62. The van der Waals surface area contributed by atoms with Crippen LogP contribution >= 0.6 is 0 Å². The molecule has 0 aliphatic rings. The summed E-state index contributed by atoms with van der Waals surface area (Å²) in [6.45, 7) is 44.9. The number of carbonyl (C=O) groups excluding carboxylic acids is 2. The first-order valence-corrected chi connectivity index (χ1v) is 30.5. The zero-order valence-electron chi connectivity index (χ0n) is 47.8. The average Bonchev–Trinajstić information content (AvgIpc) is 3.25. The van der Waals surface area contributed by atoms with Crippen LogP contribution in [0.2, 0.25) is 33.2 Å². The van der Waals surface area contributed by atoms with Crippen molar-refractivity contribution in [2.45, 2.75) is 203 Å². The highest BCUT2D eigenvalue weighted by atomic mass is 28.4. The van der Waals surface area contributed by atoms with Crippen LogP contribution in [0.3, 0.4) is 0 Å². The van der Waals surface area contributed by atoms with Crippen LogP contribution in [0.15, 0.2) is 30.3 Å². The highest BCUT2D eigenvalue weighted by Gasteiger charge is 2.46. The maximum atomic E-state index is 11.8. The summed E-state index contributed by atoms with van der Waals surface area (Å²) in [6, 6.07) is 10.0. The molecule has 0 aliphatic heterocycles. The summed E-state index contributed by atoms with van der Waals surface area (Å²) in [7, 11) is -3.73. The molecule has 1 rings (SSSR count). The lowest BCUT2D eigenvalue weighted by Gasteiger charge is -2.42. The molecule has 0 saturated carbocycles. The Morgan fingerprint density at radius 2 is 0.822 bits per heavy atom. The summed E-state index contributed by atoms with van der Waals surface area (Å²) < 4.78 is 63.6. The second-order valence-corrected chi connectivity index (χ2v) is 32.7. The van der Waals surface area contributed by atoms with Gasteiger partial charge in [-0.15, -0.1) is 0 Å². The topological polar surface area (TPSA) is 180 Å². The SMILES string of the molecule is C.C.CC(C)[Si](OCCOCCO[C@@H](CO)COCCNC(=O)OC(C)(C)C)(C(C)C)C(C)C.CC(C)[Si](OCCOCCO[C@H](COCCNC(=O)OC(C)(C)C)COCc1ccccc1)(C(C)C)C(C)C. The van der Waals surface area contributed by atoms with Crippen molar-refractivity contribution in [1.29, 1.82) is 0 Å². The van der Waals surface area contributed by atoms with E-state index in [1.54, 1.807) is 20.8 Å². The summed E-state index contributed by atoms with van der Waals surface area (Å²) in [5, 5.41) is 14.7. The van der Waals surface area contributed by atoms with Gasteiger partial charge in [-0.25, -0.2) is 9.59 Å². The molecule has 0 fully saturated rings. The van der Waals surface area contributed by atoms with Crippen molar-refractivity contribution in [2.24, 2.45) is 0 Å². The quantitative estimate of drug-likeness (QED) is 0.0423. The van der Waals surface area contributed by atoms with E-state index in [-0.39, 0.29) is 34.2 Å². The molecule has 16 nitrogen and oxygen atoms in total. The van der Waals surface area contributed by atoms with Crippen molar-refractivity contribution in [1.82, 2.24) is 10.6 Å². The molecule has 1 aromatic rings. The van der Waals surface area contributed by atoms with E-state index in [9.17, 15) is 14.7 Å². The number of carbonyl (C=O) groups is 2. The molecule has 18 heteroatoms. The molecule has 0 aliphatic carbocycles. The van der Waals surface area contributed by atoms with Gasteiger partial charge in [0.15, 0.2) is 16.6 Å². The van der Waals surface area contributed by atoms with Gasteiger partial charge in [0.25, 0.3) is 0 Å². The van der Waals surface area contributed by atoms with E-state index in [4.69, 9.17) is 51.5 Å². The Bertz CT molecular complexity index is 1430. The van der Waals surface area contributed by atoms with Crippen LogP contribution in [0, 0.1) is 0 Å². The first kappa shape index (κ1) is 75.0. The third-order valence-electron chi connectivity index (χ3n) is 11.8. The van der Waals surface area contributed by atoms with E-state index in [1.165, 1.54) is 0 Å². The number of amides is 2.